The molecule has 0 bridgehead atoms. The van der Waals surface area contributed by atoms with E-state index in [-0.39, 0.29) is 0 Å². The molecule has 3 aromatic rings. The highest BCUT2D eigenvalue weighted by molar-refractivity contribution is 7.19. The summed E-state index contributed by atoms with van der Waals surface area (Å²) in [6.07, 6.45) is 1.89. The quantitative estimate of drug-likeness (QED) is 0.701. The molecule has 0 aliphatic heterocycles. The molecule has 2 aromatic carbocycles. The number of nitriles is 2. The zero-order valence-corrected chi connectivity index (χ0v) is 13.3. The van der Waals surface area contributed by atoms with Crippen molar-refractivity contribution in [3.8, 4) is 12.1 Å². The SMILES string of the molecule is CNc1ccc2cc(/C=C(\C#N)c3ccc(C#N)cc3)sc2c1. The maximum absolute atomic E-state index is 9.44. The Kier molecular flexibility index (Phi) is 4.10. The largest absolute Gasteiger partial charge is 0.388 e. The Morgan fingerprint density at radius 2 is 1.87 bits per heavy atom. The molecular formula is C19H13N3S. The number of benzene rings is 2. The summed E-state index contributed by atoms with van der Waals surface area (Å²) in [7, 11) is 1.90. The van der Waals surface area contributed by atoms with E-state index in [9.17, 15) is 5.26 Å². The van der Waals surface area contributed by atoms with Crippen LogP contribution in [0.4, 0.5) is 5.69 Å². The van der Waals surface area contributed by atoms with Crippen LogP contribution in [0.15, 0.2) is 48.5 Å². The van der Waals surface area contributed by atoms with Crippen LogP contribution >= 0.6 is 11.3 Å². The van der Waals surface area contributed by atoms with Crippen molar-refractivity contribution in [3.63, 3.8) is 0 Å². The number of anilines is 1. The highest BCUT2D eigenvalue weighted by atomic mass is 32.1. The lowest BCUT2D eigenvalue weighted by molar-refractivity contribution is 1.47. The Labute approximate surface area is 138 Å². The summed E-state index contributed by atoms with van der Waals surface area (Å²) < 4.78 is 1.18. The maximum atomic E-state index is 9.44. The zero-order valence-electron chi connectivity index (χ0n) is 12.5. The lowest BCUT2D eigenvalue weighted by Crippen LogP contribution is -1.85. The predicted octanol–water partition coefficient (Wildman–Crippen LogP) is 4.88. The topological polar surface area (TPSA) is 59.6 Å². The highest BCUT2D eigenvalue weighted by Crippen LogP contribution is 2.30. The first kappa shape index (κ1) is 14.8. The smallest absolute Gasteiger partial charge is 0.0998 e. The van der Waals surface area contributed by atoms with Crippen LogP contribution < -0.4 is 5.32 Å². The third kappa shape index (κ3) is 3.08. The molecule has 110 valence electrons. The molecule has 1 heterocycles. The van der Waals surface area contributed by atoms with Crippen LogP contribution in [0.2, 0.25) is 0 Å². The van der Waals surface area contributed by atoms with Crippen molar-refractivity contribution in [3.05, 3.63) is 64.5 Å². The van der Waals surface area contributed by atoms with E-state index in [1.165, 1.54) is 4.70 Å². The van der Waals surface area contributed by atoms with E-state index in [4.69, 9.17) is 5.26 Å². The van der Waals surface area contributed by atoms with Gasteiger partial charge in [0.2, 0.25) is 0 Å². The van der Waals surface area contributed by atoms with Crippen molar-refractivity contribution >= 4 is 38.8 Å². The number of hydrogen-bond donors (Lipinski definition) is 1. The summed E-state index contributed by atoms with van der Waals surface area (Å²) in [5.41, 5.74) is 3.07. The van der Waals surface area contributed by atoms with Gasteiger partial charge < -0.3 is 5.32 Å². The monoisotopic (exact) mass is 315 g/mol. The van der Waals surface area contributed by atoms with Gasteiger partial charge in [-0.3, -0.25) is 0 Å². The van der Waals surface area contributed by atoms with Crippen molar-refractivity contribution < 1.29 is 0 Å². The van der Waals surface area contributed by atoms with Gasteiger partial charge in [0.15, 0.2) is 0 Å². The summed E-state index contributed by atoms with van der Waals surface area (Å²) in [5.74, 6) is 0. The maximum Gasteiger partial charge on any atom is 0.0998 e. The minimum absolute atomic E-state index is 0.590. The molecule has 0 unspecified atom stereocenters. The molecule has 0 atom stereocenters. The van der Waals surface area contributed by atoms with Crippen LogP contribution in [0.25, 0.3) is 21.7 Å². The first-order chi connectivity index (χ1) is 11.2. The molecule has 0 aliphatic rings. The number of fused-ring (bicyclic) bond motifs is 1. The van der Waals surface area contributed by atoms with E-state index >= 15 is 0 Å². The van der Waals surface area contributed by atoms with Gasteiger partial charge in [0.25, 0.3) is 0 Å². The fraction of sp³-hybridized carbons (Fsp3) is 0.0526. The number of thiophene rings is 1. The van der Waals surface area contributed by atoms with Gasteiger partial charge in [-0.05, 0) is 47.4 Å². The third-order valence-corrected chi connectivity index (χ3v) is 4.60. The lowest BCUT2D eigenvalue weighted by Gasteiger charge is -1.98. The number of hydrogen-bond acceptors (Lipinski definition) is 4. The molecule has 0 saturated heterocycles. The summed E-state index contributed by atoms with van der Waals surface area (Å²) in [6, 6.07) is 19.7. The fourth-order valence-corrected chi connectivity index (χ4v) is 3.37. The van der Waals surface area contributed by atoms with E-state index in [0.717, 1.165) is 21.5 Å². The molecule has 0 saturated carbocycles. The average Bonchev–Trinajstić information content (AvgIpc) is 3.01. The van der Waals surface area contributed by atoms with Gasteiger partial charge in [-0.15, -0.1) is 11.3 Å². The van der Waals surface area contributed by atoms with Crippen molar-refractivity contribution in [2.24, 2.45) is 0 Å². The van der Waals surface area contributed by atoms with Gasteiger partial charge in [-0.25, -0.2) is 0 Å². The van der Waals surface area contributed by atoms with Crippen molar-refractivity contribution in [1.82, 2.24) is 0 Å². The third-order valence-electron chi connectivity index (χ3n) is 3.56. The first-order valence-corrected chi connectivity index (χ1v) is 7.89. The molecule has 4 heteroatoms. The van der Waals surface area contributed by atoms with Crippen LogP contribution in [0, 0.1) is 22.7 Å². The standard InChI is InChI=1S/C19H13N3S/c1-22-17-7-6-15-8-18(23-19(15)10-17)9-16(12-21)14-4-2-13(11-20)3-5-14/h2-10,22H,1H3/b16-9+. The molecule has 23 heavy (non-hydrogen) atoms. The molecular weight excluding hydrogens is 302 g/mol. The summed E-state index contributed by atoms with van der Waals surface area (Å²) in [5, 5.41) is 22.6. The fourth-order valence-electron chi connectivity index (χ4n) is 2.33. The average molecular weight is 315 g/mol. The first-order valence-electron chi connectivity index (χ1n) is 7.07. The molecule has 3 rings (SSSR count). The Balaban J connectivity index is 2.00. The lowest BCUT2D eigenvalue weighted by atomic mass is 10.0. The van der Waals surface area contributed by atoms with Crippen molar-refractivity contribution in [2.75, 3.05) is 12.4 Å². The molecule has 1 aromatic heterocycles. The van der Waals surface area contributed by atoms with Crippen LogP contribution in [-0.4, -0.2) is 7.05 Å². The van der Waals surface area contributed by atoms with Crippen LogP contribution in [-0.2, 0) is 0 Å². The Morgan fingerprint density at radius 3 is 2.52 bits per heavy atom. The Morgan fingerprint density at radius 1 is 1.09 bits per heavy atom. The van der Waals surface area contributed by atoms with Gasteiger partial charge in [0.1, 0.15) is 0 Å². The van der Waals surface area contributed by atoms with Crippen LogP contribution in [0.5, 0.6) is 0 Å². The second kappa shape index (κ2) is 6.36. The number of nitrogens with one attached hydrogen (secondary N) is 1. The van der Waals surface area contributed by atoms with Crippen LogP contribution in [0.3, 0.4) is 0 Å². The Hall–Kier alpha value is -3.08. The number of rotatable bonds is 3. The Bertz CT molecular complexity index is 967. The normalized spacial score (nSPS) is 11.0. The zero-order chi connectivity index (χ0) is 16.2. The molecule has 0 spiro atoms. The van der Waals surface area contributed by atoms with Gasteiger partial charge in [-0.1, -0.05) is 18.2 Å². The molecule has 0 radical (unpaired) electrons. The van der Waals surface area contributed by atoms with E-state index in [2.05, 4.69) is 35.7 Å². The summed E-state index contributed by atoms with van der Waals surface area (Å²) in [4.78, 5) is 1.04. The van der Waals surface area contributed by atoms with Gasteiger partial charge in [0, 0.05) is 22.3 Å². The molecule has 1 N–H and O–H groups in total. The van der Waals surface area contributed by atoms with Crippen LogP contribution in [0.1, 0.15) is 16.0 Å². The van der Waals surface area contributed by atoms with Gasteiger partial charge >= 0.3 is 0 Å². The van der Waals surface area contributed by atoms with E-state index in [0.29, 0.717) is 11.1 Å². The molecule has 0 fully saturated rings. The van der Waals surface area contributed by atoms with E-state index < -0.39 is 0 Å². The highest BCUT2D eigenvalue weighted by Gasteiger charge is 2.05. The second-order valence-corrected chi connectivity index (χ2v) is 6.13. The van der Waals surface area contributed by atoms with Crippen molar-refractivity contribution in [1.29, 1.82) is 10.5 Å². The molecule has 0 aliphatic carbocycles. The summed E-state index contributed by atoms with van der Waals surface area (Å²) >= 11 is 1.65. The predicted molar refractivity (Wildman–Crippen MR) is 96.0 cm³/mol. The number of nitrogens with zero attached hydrogens (tertiary/aromatic N) is 2. The van der Waals surface area contributed by atoms with E-state index in [1.54, 1.807) is 35.6 Å². The molecule has 0 amide bonds. The second-order valence-electron chi connectivity index (χ2n) is 5.01. The minimum atomic E-state index is 0.590. The van der Waals surface area contributed by atoms with E-state index in [1.807, 2.05) is 19.2 Å². The summed E-state index contributed by atoms with van der Waals surface area (Å²) in [6.45, 7) is 0. The number of allylic oxidation sites excluding steroid dienone is 1. The molecule has 3 nitrogen and oxygen atoms in total. The van der Waals surface area contributed by atoms with Gasteiger partial charge in [-0.2, -0.15) is 10.5 Å². The minimum Gasteiger partial charge on any atom is -0.388 e. The van der Waals surface area contributed by atoms with Gasteiger partial charge in [0.05, 0.1) is 23.3 Å². The van der Waals surface area contributed by atoms with Crippen molar-refractivity contribution in [2.45, 2.75) is 0 Å².